The summed E-state index contributed by atoms with van der Waals surface area (Å²) < 4.78 is 30.3. The first-order valence-corrected chi connectivity index (χ1v) is 8.06. The molecule has 0 bridgehead atoms. The number of hydrogen-bond donors (Lipinski definition) is 1. The molecular formula is C14H19NO3S. The lowest BCUT2D eigenvalue weighted by Gasteiger charge is -2.33. The van der Waals surface area contributed by atoms with Gasteiger partial charge in [-0.3, -0.25) is 9.45 Å². The first kappa shape index (κ1) is 14.2. The number of hydrogen-bond acceptors (Lipinski definition) is 3. The lowest BCUT2D eigenvalue weighted by Crippen LogP contribution is -2.32. The predicted molar refractivity (Wildman–Crippen MR) is 75.5 cm³/mol. The number of benzene rings is 1. The van der Waals surface area contributed by atoms with Crippen LogP contribution in [0, 0.1) is 0 Å². The quantitative estimate of drug-likeness (QED) is 0.664. The summed E-state index contributed by atoms with van der Waals surface area (Å²) in [5.74, 6) is -0.172. The van der Waals surface area contributed by atoms with Crippen LogP contribution in [0.1, 0.15) is 24.4 Å². The average molecular weight is 281 g/mol. The minimum Gasteiger partial charge on any atom is -0.292 e. The van der Waals surface area contributed by atoms with E-state index in [9.17, 15) is 8.42 Å². The van der Waals surface area contributed by atoms with Gasteiger partial charge in [0.25, 0.3) is 10.1 Å². The summed E-state index contributed by atoms with van der Waals surface area (Å²) in [6, 6.07) is 10.5. The highest BCUT2D eigenvalue weighted by molar-refractivity contribution is 7.85. The van der Waals surface area contributed by atoms with Gasteiger partial charge in [-0.15, -0.1) is 0 Å². The van der Waals surface area contributed by atoms with E-state index in [1.807, 2.05) is 18.2 Å². The molecule has 1 aliphatic heterocycles. The standard InChI is InChI=1S/C14H19NO3S/c16-19(17,18)12-6-11-15-10-5-4-9-14(15)13-7-2-1-3-8-13/h1-5,7-8,14H,6,9-12H2,(H,16,17,18). The van der Waals surface area contributed by atoms with E-state index in [2.05, 4.69) is 29.2 Å². The highest BCUT2D eigenvalue weighted by atomic mass is 32.2. The molecule has 4 nitrogen and oxygen atoms in total. The van der Waals surface area contributed by atoms with Crippen LogP contribution in [0.25, 0.3) is 0 Å². The number of rotatable bonds is 5. The summed E-state index contributed by atoms with van der Waals surface area (Å²) in [5, 5.41) is 0. The largest absolute Gasteiger partial charge is 0.292 e. The molecule has 0 spiro atoms. The van der Waals surface area contributed by atoms with Crippen molar-refractivity contribution in [2.45, 2.75) is 18.9 Å². The van der Waals surface area contributed by atoms with Crippen LogP contribution in [0.4, 0.5) is 0 Å². The molecule has 1 aromatic rings. The third-order valence-corrected chi connectivity index (χ3v) is 4.14. The van der Waals surface area contributed by atoms with E-state index in [0.717, 1.165) is 13.0 Å². The lowest BCUT2D eigenvalue weighted by atomic mass is 9.99. The predicted octanol–water partition coefficient (Wildman–Crippen LogP) is 2.27. The SMILES string of the molecule is O=S(=O)(O)CCCN1CC=CCC1c1ccccc1. The average Bonchev–Trinajstić information content (AvgIpc) is 2.39. The molecule has 0 aromatic heterocycles. The first-order chi connectivity index (χ1) is 9.06. The Bertz CT molecular complexity index is 525. The molecule has 1 aliphatic rings. The molecule has 0 saturated heterocycles. The van der Waals surface area contributed by atoms with Crippen molar-refractivity contribution in [1.29, 1.82) is 0 Å². The van der Waals surface area contributed by atoms with Gasteiger partial charge in [-0.2, -0.15) is 8.42 Å². The second-order valence-electron chi connectivity index (χ2n) is 4.77. The summed E-state index contributed by atoms with van der Waals surface area (Å²) >= 11 is 0. The van der Waals surface area contributed by atoms with Gasteiger partial charge in [-0.05, 0) is 18.4 Å². The van der Waals surface area contributed by atoms with Crippen LogP contribution in [0.2, 0.25) is 0 Å². The maximum absolute atomic E-state index is 10.7. The molecule has 0 aliphatic carbocycles. The van der Waals surface area contributed by atoms with E-state index < -0.39 is 10.1 Å². The molecule has 0 fully saturated rings. The van der Waals surface area contributed by atoms with Crippen LogP contribution in [-0.4, -0.2) is 36.7 Å². The molecular weight excluding hydrogens is 262 g/mol. The van der Waals surface area contributed by atoms with Crippen molar-refractivity contribution in [2.75, 3.05) is 18.8 Å². The zero-order valence-electron chi connectivity index (χ0n) is 10.8. The third-order valence-electron chi connectivity index (χ3n) is 3.34. The van der Waals surface area contributed by atoms with Crippen molar-refractivity contribution in [1.82, 2.24) is 4.90 Å². The van der Waals surface area contributed by atoms with Gasteiger partial charge in [-0.1, -0.05) is 42.5 Å². The second-order valence-corrected chi connectivity index (χ2v) is 6.34. The van der Waals surface area contributed by atoms with Gasteiger partial charge in [0.1, 0.15) is 0 Å². The topological polar surface area (TPSA) is 57.6 Å². The smallest absolute Gasteiger partial charge is 0.264 e. The van der Waals surface area contributed by atoms with Crippen LogP contribution in [0.15, 0.2) is 42.5 Å². The van der Waals surface area contributed by atoms with Crippen LogP contribution >= 0.6 is 0 Å². The normalized spacial score (nSPS) is 20.6. The fourth-order valence-corrected chi connectivity index (χ4v) is 2.92. The zero-order chi connectivity index (χ0) is 13.7. The van der Waals surface area contributed by atoms with Crippen molar-refractivity contribution in [3.05, 3.63) is 48.0 Å². The molecule has 104 valence electrons. The van der Waals surface area contributed by atoms with Crippen molar-refractivity contribution < 1.29 is 13.0 Å². The van der Waals surface area contributed by atoms with Gasteiger partial charge in [0.15, 0.2) is 0 Å². The third kappa shape index (κ3) is 4.45. The fourth-order valence-electron chi connectivity index (χ4n) is 2.43. The molecule has 0 radical (unpaired) electrons. The Kier molecular flexibility index (Phi) is 4.74. The van der Waals surface area contributed by atoms with Crippen LogP contribution in [0.3, 0.4) is 0 Å². The molecule has 0 amide bonds. The highest BCUT2D eigenvalue weighted by Gasteiger charge is 2.21. The molecule has 1 N–H and O–H groups in total. The minimum atomic E-state index is -3.85. The van der Waals surface area contributed by atoms with Gasteiger partial charge in [0.2, 0.25) is 0 Å². The van der Waals surface area contributed by atoms with Gasteiger partial charge >= 0.3 is 0 Å². The van der Waals surface area contributed by atoms with Gasteiger partial charge in [0, 0.05) is 19.1 Å². The Morgan fingerprint density at radius 1 is 1.21 bits per heavy atom. The van der Waals surface area contributed by atoms with Gasteiger partial charge < -0.3 is 0 Å². The Labute approximate surface area is 114 Å². The van der Waals surface area contributed by atoms with Crippen molar-refractivity contribution in [2.24, 2.45) is 0 Å². The maximum atomic E-state index is 10.7. The Hall–Kier alpha value is -1.17. The summed E-state index contributed by atoms with van der Waals surface area (Å²) in [6.45, 7) is 1.49. The maximum Gasteiger partial charge on any atom is 0.264 e. The van der Waals surface area contributed by atoms with Crippen molar-refractivity contribution in [3.63, 3.8) is 0 Å². The van der Waals surface area contributed by atoms with E-state index in [0.29, 0.717) is 19.0 Å². The van der Waals surface area contributed by atoms with Gasteiger partial charge in [0.05, 0.1) is 5.75 Å². The number of nitrogens with zero attached hydrogens (tertiary/aromatic N) is 1. The molecule has 5 heteroatoms. The molecule has 1 aromatic carbocycles. The molecule has 2 rings (SSSR count). The van der Waals surface area contributed by atoms with Crippen molar-refractivity contribution >= 4 is 10.1 Å². The van der Waals surface area contributed by atoms with Gasteiger partial charge in [-0.25, -0.2) is 0 Å². The summed E-state index contributed by atoms with van der Waals surface area (Å²) in [7, 11) is -3.85. The Balaban J connectivity index is 1.99. The summed E-state index contributed by atoms with van der Waals surface area (Å²) in [6.07, 6.45) is 5.66. The van der Waals surface area contributed by atoms with Crippen LogP contribution < -0.4 is 0 Å². The molecule has 1 atom stereocenters. The Morgan fingerprint density at radius 3 is 2.63 bits per heavy atom. The van der Waals surface area contributed by atoms with Crippen LogP contribution in [0.5, 0.6) is 0 Å². The van der Waals surface area contributed by atoms with E-state index in [4.69, 9.17) is 4.55 Å². The minimum absolute atomic E-state index is 0.172. The van der Waals surface area contributed by atoms with Crippen molar-refractivity contribution in [3.8, 4) is 0 Å². The monoisotopic (exact) mass is 281 g/mol. The first-order valence-electron chi connectivity index (χ1n) is 6.45. The summed E-state index contributed by atoms with van der Waals surface area (Å²) in [4.78, 5) is 2.25. The van der Waals surface area contributed by atoms with Crippen LogP contribution in [-0.2, 0) is 10.1 Å². The fraction of sp³-hybridized carbons (Fsp3) is 0.429. The van der Waals surface area contributed by atoms with E-state index >= 15 is 0 Å². The van der Waals surface area contributed by atoms with E-state index in [1.165, 1.54) is 5.56 Å². The molecule has 1 unspecified atom stereocenters. The lowest BCUT2D eigenvalue weighted by molar-refractivity contribution is 0.211. The Morgan fingerprint density at radius 2 is 1.95 bits per heavy atom. The molecule has 19 heavy (non-hydrogen) atoms. The van der Waals surface area contributed by atoms with E-state index in [-0.39, 0.29) is 5.75 Å². The second kappa shape index (κ2) is 6.32. The van der Waals surface area contributed by atoms with E-state index in [1.54, 1.807) is 0 Å². The molecule has 1 heterocycles. The molecule has 0 saturated carbocycles. The zero-order valence-corrected chi connectivity index (χ0v) is 11.6. The highest BCUT2D eigenvalue weighted by Crippen LogP contribution is 2.27. The summed E-state index contributed by atoms with van der Waals surface area (Å²) in [5.41, 5.74) is 1.25.